The molecule has 0 atom stereocenters. The Kier molecular flexibility index (Phi) is 4.18. The van der Waals surface area contributed by atoms with Gasteiger partial charge in [-0.3, -0.25) is 4.79 Å². The molecule has 0 radical (unpaired) electrons. The molecule has 4 nitrogen and oxygen atoms in total. The minimum atomic E-state index is -0.206. The van der Waals surface area contributed by atoms with Crippen molar-refractivity contribution in [3.63, 3.8) is 0 Å². The van der Waals surface area contributed by atoms with Gasteiger partial charge in [-0.15, -0.1) is 0 Å². The van der Waals surface area contributed by atoms with Crippen LogP contribution in [0.1, 0.15) is 10.4 Å². The largest absolute Gasteiger partial charge is 0.384 e. The number of hydrogen-bond acceptors (Lipinski definition) is 3. The smallest absolute Gasteiger partial charge is 0.255 e. The van der Waals surface area contributed by atoms with Crippen LogP contribution >= 0.6 is 38.5 Å². The van der Waals surface area contributed by atoms with E-state index in [-0.39, 0.29) is 5.91 Å². The van der Waals surface area contributed by atoms with Crippen LogP contribution in [0.3, 0.4) is 0 Å². The molecule has 0 aliphatic heterocycles. The third-order valence-corrected chi connectivity index (χ3v) is 4.55. The Morgan fingerprint density at radius 2 is 2.11 bits per heavy atom. The number of anilines is 2. The Hall–Kier alpha value is -1.15. The molecule has 6 heteroatoms. The van der Waals surface area contributed by atoms with E-state index in [1.165, 1.54) is 6.20 Å². The molecular weight excluding hydrogens is 409 g/mol. The van der Waals surface area contributed by atoms with Crippen LogP contribution in [-0.4, -0.2) is 10.9 Å². The molecule has 18 heavy (non-hydrogen) atoms. The number of carbonyl (C=O) groups is 1. The molecule has 0 spiro atoms. The van der Waals surface area contributed by atoms with Gasteiger partial charge in [0.25, 0.3) is 5.91 Å². The molecule has 0 unspecified atom stereocenters. The van der Waals surface area contributed by atoms with Crippen molar-refractivity contribution in [2.45, 2.75) is 0 Å². The lowest BCUT2D eigenvalue weighted by atomic mass is 10.2. The number of amides is 1. The van der Waals surface area contributed by atoms with Gasteiger partial charge in [-0.05, 0) is 68.9 Å². The molecule has 0 bridgehead atoms. The van der Waals surface area contributed by atoms with Crippen LogP contribution in [0.4, 0.5) is 11.5 Å². The summed E-state index contributed by atoms with van der Waals surface area (Å²) >= 11 is 5.59. The number of nitrogens with two attached hydrogens (primary N) is 1. The van der Waals surface area contributed by atoms with Crippen molar-refractivity contribution in [2.24, 2.45) is 0 Å². The highest BCUT2D eigenvalue weighted by Crippen LogP contribution is 2.22. The van der Waals surface area contributed by atoms with Gasteiger partial charge in [-0.1, -0.05) is 0 Å². The van der Waals surface area contributed by atoms with Gasteiger partial charge in [0.1, 0.15) is 5.82 Å². The molecule has 1 amide bonds. The third-order valence-electron chi connectivity index (χ3n) is 2.22. The van der Waals surface area contributed by atoms with E-state index in [1.54, 1.807) is 12.1 Å². The number of rotatable bonds is 2. The number of aromatic nitrogens is 1. The average Bonchev–Trinajstić information content (AvgIpc) is 2.34. The summed E-state index contributed by atoms with van der Waals surface area (Å²) in [6.07, 6.45) is 1.51. The number of nitrogens with one attached hydrogen (secondary N) is 1. The van der Waals surface area contributed by atoms with Gasteiger partial charge in [0, 0.05) is 25.5 Å². The summed E-state index contributed by atoms with van der Waals surface area (Å²) in [6, 6.07) is 8.76. The van der Waals surface area contributed by atoms with Crippen molar-refractivity contribution >= 4 is 55.9 Å². The maximum atomic E-state index is 12.0. The van der Waals surface area contributed by atoms with Crippen LogP contribution in [0.15, 0.2) is 41.0 Å². The Balaban J connectivity index is 2.18. The van der Waals surface area contributed by atoms with E-state index in [0.29, 0.717) is 11.4 Å². The summed E-state index contributed by atoms with van der Waals surface area (Å²) < 4.78 is 2.02. The van der Waals surface area contributed by atoms with Gasteiger partial charge in [0.15, 0.2) is 0 Å². The molecule has 0 aliphatic carbocycles. The molecule has 0 aliphatic rings. The Morgan fingerprint density at radius 3 is 2.78 bits per heavy atom. The molecule has 1 heterocycles. The Morgan fingerprint density at radius 1 is 1.33 bits per heavy atom. The van der Waals surface area contributed by atoms with E-state index in [4.69, 9.17) is 5.73 Å². The lowest BCUT2D eigenvalue weighted by Crippen LogP contribution is -2.12. The van der Waals surface area contributed by atoms with Crippen molar-refractivity contribution < 1.29 is 4.79 Å². The molecular formula is C12H9BrIN3O. The van der Waals surface area contributed by atoms with Crippen molar-refractivity contribution in [1.82, 2.24) is 4.98 Å². The number of hydrogen-bond donors (Lipinski definition) is 2. The van der Waals surface area contributed by atoms with Gasteiger partial charge < -0.3 is 11.1 Å². The minimum Gasteiger partial charge on any atom is -0.384 e. The number of nitrogen functional groups attached to an aromatic ring is 1. The molecule has 2 rings (SSSR count). The predicted octanol–water partition coefficient (Wildman–Crippen LogP) is 3.28. The first-order valence-corrected chi connectivity index (χ1v) is 6.91. The molecule has 2 aromatic rings. The summed E-state index contributed by atoms with van der Waals surface area (Å²) in [6.45, 7) is 0. The summed E-state index contributed by atoms with van der Waals surface area (Å²) in [4.78, 5) is 15.8. The monoisotopic (exact) mass is 417 g/mol. The van der Waals surface area contributed by atoms with E-state index in [0.717, 1.165) is 13.7 Å². The fraction of sp³-hybridized carbons (Fsp3) is 0. The molecule has 1 aromatic heterocycles. The first-order chi connectivity index (χ1) is 8.56. The van der Waals surface area contributed by atoms with Gasteiger partial charge in [-0.25, -0.2) is 4.98 Å². The maximum absolute atomic E-state index is 12.0. The van der Waals surface area contributed by atoms with Gasteiger partial charge in [-0.2, -0.15) is 0 Å². The summed E-state index contributed by atoms with van der Waals surface area (Å²) in [5.74, 6) is 0.121. The summed E-state index contributed by atoms with van der Waals surface area (Å²) in [5.41, 5.74) is 6.76. The molecule has 3 N–H and O–H groups in total. The molecule has 0 fully saturated rings. The van der Waals surface area contributed by atoms with Crippen molar-refractivity contribution in [1.29, 1.82) is 0 Å². The van der Waals surface area contributed by atoms with E-state index >= 15 is 0 Å². The lowest BCUT2D eigenvalue weighted by Gasteiger charge is -2.06. The number of nitrogens with zero attached hydrogens (tertiary/aromatic N) is 1. The highest BCUT2D eigenvalue weighted by atomic mass is 127. The van der Waals surface area contributed by atoms with Gasteiger partial charge in [0.05, 0.1) is 0 Å². The SMILES string of the molecule is Nc1cc(C(=O)Nc2ccc(Br)c(I)c2)ccn1. The molecule has 0 saturated carbocycles. The maximum Gasteiger partial charge on any atom is 0.255 e. The standard InChI is InChI=1S/C12H9BrIN3O/c13-9-2-1-8(6-10(9)14)17-12(18)7-3-4-16-11(15)5-7/h1-6H,(H2,15,16)(H,17,18). The van der Waals surface area contributed by atoms with Crippen molar-refractivity contribution in [3.05, 3.63) is 50.1 Å². The second-order valence-corrected chi connectivity index (χ2v) is 5.57. The fourth-order valence-corrected chi connectivity index (χ4v) is 2.13. The van der Waals surface area contributed by atoms with E-state index < -0.39 is 0 Å². The fourth-order valence-electron chi connectivity index (χ4n) is 1.37. The highest BCUT2D eigenvalue weighted by Gasteiger charge is 2.07. The zero-order valence-corrected chi connectivity index (χ0v) is 12.9. The van der Waals surface area contributed by atoms with E-state index in [1.807, 2.05) is 18.2 Å². The molecule has 0 saturated heterocycles. The van der Waals surface area contributed by atoms with Crippen LogP contribution < -0.4 is 11.1 Å². The molecule has 92 valence electrons. The van der Waals surface area contributed by atoms with Crippen molar-refractivity contribution in [2.75, 3.05) is 11.1 Å². The Labute approximate surface area is 126 Å². The normalized spacial score (nSPS) is 10.1. The van der Waals surface area contributed by atoms with Crippen LogP contribution in [0.5, 0.6) is 0 Å². The van der Waals surface area contributed by atoms with Crippen LogP contribution in [0.25, 0.3) is 0 Å². The second-order valence-electron chi connectivity index (χ2n) is 3.55. The zero-order valence-electron chi connectivity index (χ0n) is 9.15. The minimum absolute atomic E-state index is 0.206. The second kappa shape index (κ2) is 5.66. The van der Waals surface area contributed by atoms with Gasteiger partial charge >= 0.3 is 0 Å². The van der Waals surface area contributed by atoms with Crippen LogP contribution in [-0.2, 0) is 0 Å². The van der Waals surface area contributed by atoms with Crippen molar-refractivity contribution in [3.8, 4) is 0 Å². The number of pyridine rings is 1. The lowest BCUT2D eigenvalue weighted by molar-refractivity contribution is 0.102. The predicted molar refractivity (Wildman–Crippen MR) is 83.5 cm³/mol. The quantitative estimate of drug-likeness (QED) is 0.736. The number of halogens is 2. The van der Waals surface area contributed by atoms with Crippen LogP contribution in [0.2, 0.25) is 0 Å². The van der Waals surface area contributed by atoms with Crippen LogP contribution in [0, 0.1) is 3.57 Å². The zero-order chi connectivity index (χ0) is 13.1. The summed E-state index contributed by atoms with van der Waals surface area (Å²) in [5, 5.41) is 2.81. The first-order valence-electron chi connectivity index (χ1n) is 5.04. The summed E-state index contributed by atoms with van der Waals surface area (Å²) in [7, 11) is 0. The number of carbonyl (C=O) groups excluding carboxylic acids is 1. The first kappa shape index (κ1) is 13.3. The third kappa shape index (κ3) is 3.20. The van der Waals surface area contributed by atoms with E-state index in [2.05, 4.69) is 48.8 Å². The van der Waals surface area contributed by atoms with Gasteiger partial charge in [0.2, 0.25) is 0 Å². The highest BCUT2D eigenvalue weighted by molar-refractivity contribution is 14.1. The number of benzene rings is 1. The molecule has 1 aromatic carbocycles. The average molecular weight is 418 g/mol. The Bertz CT molecular complexity index is 604. The van der Waals surface area contributed by atoms with E-state index in [9.17, 15) is 4.79 Å². The topological polar surface area (TPSA) is 68.0 Å².